The van der Waals surface area contributed by atoms with Crippen LogP contribution in [0.2, 0.25) is 0 Å². The van der Waals surface area contributed by atoms with E-state index < -0.39 is 5.97 Å². The third-order valence-electron chi connectivity index (χ3n) is 2.24. The van der Waals surface area contributed by atoms with Crippen LogP contribution in [0.25, 0.3) is 0 Å². The van der Waals surface area contributed by atoms with Crippen LogP contribution in [0, 0.1) is 6.42 Å². The predicted molar refractivity (Wildman–Crippen MR) is 67.8 cm³/mol. The van der Waals surface area contributed by atoms with Crippen LogP contribution in [0.15, 0.2) is 18.2 Å². The fraction of sp³-hybridized carbons (Fsp3) is 0.357. The largest absolute Gasteiger partial charge is 0.490 e. The van der Waals surface area contributed by atoms with Crippen LogP contribution in [0.1, 0.15) is 37.0 Å². The number of aldehydes is 1. The molecule has 1 radical (unpaired) electrons. The molecule has 0 aliphatic rings. The normalized spacial score (nSPS) is 9.89. The van der Waals surface area contributed by atoms with Gasteiger partial charge in [0.15, 0.2) is 17.8 Å². The van der Waals surface area contributed by atoms with Crippen LogP contribution >= 0.6 is 0 Å². The molecule has 0 saturated carbocycles. The van der Waals surface area contributed by atoms with Crippen molar-refractivity contribution in [1.82, 2.24) is 0 Å². The lowest BCUT2D eigenvalue weighted by Crippen LogP contribution is -2.11. The van der Waals surface area contributed by atoms with Gasteiger partial charge in [-0.05, 0) is 25.5 Å². The number of esters is 1. The summed E-state index contributed by atoms with van der Waals surface area (Å²) in [4.78, 5) is 22.5. The first-order valence-electron chi connectivity index (χ1n) is 5.98. The van der Waals surface area contributed by atoms with Crippen molar-refractivity contribution >= 4 is 12.3 Å². The molecule has 0 amide bonds. The molecule has 1 aromatic carbocycles. The van der Waals surface area contributed by atoms with Gasteiger partial charge in [-0.3, -0.25) is 9.59 Å². The smallest absolute Gasteiger partial charge is 0.315 e. The van der Waals surface area contributed by atoms with E-state index in [2.05, 4.69) is 0 Å². The number of hydrogen-bond donors (Lipinski definition) is 0. The fourth-order valence-corrected chi connectivity index (χ4v) is 1.41. The molecule has 0 aromatic heterocycles. The van der Waals surface area contributed by atoms with Gasteiger partial charge >= 0.3 is 5.97 Å². The Kier molecular flexibility index (Phi) is 5.91. The van der Waals surface area contributed by atoms with E-state index in [0.29, 0.717) is 30.6 Å². The second-order valence-corrected chi connectivity index (χ2v) is 3.64. The highest BCUT2D eigenvalue weighted by Crippen LogP contribution is 2.30. The second-order valence-electron chi connectivity index (χ2n) is 3.64. The van der Waals surface area contributed by atoms with E-state index in [-0.39, 0.29) is 5.75 Å². The first-order chi connectivity index (χ1) is 8.72. The van der Waals surface area contributed by atoms with Gasteiger partial charge in [-0.15, -0.1) is 0 Å². The van der Waals surface area contributed by atoms with Crippen molar-refractivity contribution in [3.05, 3.63) is 30.2 Å². The average Bonchev–Trinajstić information content (AvgIpc) is 2.38. The Hall–Kier alpha value is -1.84. The molecule has 4 heteroatoms. The Morgan fingerprint density at radius 1 is 1.33 bits per heavy atom. The molecule has 0 atom stereocenters. The summed E-state index contributed by atoms with van der Waals surface area (Å²) in [6.45, 7) is 4.22. The Bertz CT molecular complexity index is 412. The van der Waals surface area contributed by atoms with E-state index in [0.717, 1.165) is 6.42 Å². The van der Waals surface area contributed by atoms with E-state index in [1.807, 2.05) is 13.8 Å². The standard InChI is InChI=1S/C14H17O4/c1-3-5-9-13(16)18-14-11(10-15)7-6-8-12(14)17-4-2/h6-10H,3-5H2,1-2H3. The van der Waals surface area contributed by atoms with Gasteiger partial charge in [-0.2, -0.15) is 0 Å². The number of benzene rings is 1. The molecule has 0 heterocycles. The maximum absolute atomic E-state index is 11.5. The van der Waals surface area contributed by atoms with Gasteiger partial charge < -0.3 is 9.47 Å². The predicted octanol–water partition coefficient (Wildman–Crippen LogP) is 2.81. The zero-order chi connectivity index (χ0) is 13.4. The van der Waals surface area contributed by atoms with Gasteiger partial charge in [0, 0.05) is 0 Å². The van der Waals surface area contributed by atoms with Crippen molar-refractivity contribution in [3.63, 3.8) is 0 Å². The van der Waals surface area contributed by atoms with Crippen LogP contribution in [0.3, 0.4) is 0 Å². The molecule has 4 nitrogen and oxygen atoms in total. The molecular weight excluding hydrogens is 232 g/mol. The fourth-order valence-electron chi connectivity index (χ4n) is 1.41. The monoisotopic (exact) mass is 249 g/mol. The Morgan fingerprint density at radius 3 is 2.72 bits per heavy atom. The third kappa shape index (κ3) is 3.87. The van der Waals surface area contributed by atoms with Crippen molar-refractivity contribution in [2.75, 3.05) is 6.61 Å². The summed E-state index contributed by atoms with van der Waals surface area (Å²) in [7, 11) is 0. The molecule has 0 saturated heterocycles. The summed E-state index contributed by atoms with van der Waals surface area (Å²) >= 11 is 0. The van der Waals surface area contributed by atoms with Gasteiger partial charge in [-0.1, -0.05) is 19.4 Å². The lowest BCUT2D eigenvalue weighted by Gasteiger charge is -2.11. The minimum atomic E-state index is -0.466. The third-order valence-corrected chi connectivity index (χ3v) is 2.24. The zero-order valence-corrected chi connectivity index (χ0v) is 10.6. The lowest BCUT2D eigenvalue weighted by molar-refractivity contribution is -0.130. The van der Waals surface area contributed by atoms with Crippen LogP contribution < -0.4 is 9.47 Å². The maximum Gasteiger partial charge on any atom is 0.315 e. The topological polar surface area (TPSA) is 52.6 Å². The number of ether oxygens (including phenoxy) is 2. The molecule has 0 unspecified atom stereocenters. The summed E-state index contributed by atoms with van der Waals surface area (Å²) in [5.41, 5.74) is 0.305. The molecule has 0 fully saturated rings. The van der Waals surface area contributed by atoms with Crippen molar-refractivity contribution in [1.29, 1.82) is 0 Å². The van der Waals surface area contributed by atoms with Crippen LogP contribution in [-0.2, 0) is 4.79 Å². The number of rotatable bonds is 7. The molecule has 0 aliphatic heterocycles. The van der Waals surface area contributed by atoms with Crippen molar-refractivity contribution < 1.29 is 19.1 Å². The number of unbranched alkanes of at least 4 members (excludes halogenated alkanes) is 1. The highest BCUT2D eigenvalue weighted by molar-refractivity contribution is 5.87. The Morgan fingerprint density at radius 2 is 2.11 bits per heavy atom. The molecule has 1 rings (SSSR count). The summed E-state index contributed by atoms with van der Waals surface area (Å²) in [5.74, 6) is 0.124. The zero-order valence-electron chi connectivity index (χ0n) is 10.6. The van der Waals surface area contributed by atoms with E-state index >= 15 is 0 Å². The van der Waals surface area contributed by atoms with Crippen molar-refractivity contribution in [2.45, 2.75) is 26.7 Å². The van der Waals surface area contributed by atoms with E-state index in [9.17, 15) is 9.59 Å². The van der Waals surface area contributed by atoms with Gasteiger partial charge in [0.2, 0.25) is 0 Å². The van der Waals surface area contributed by atoms with Crippen LogP contribution in [0.5, 0.6) is 11.5 Å². The molecule has 0 N–H and O–H groups in total. The summed E-state index contributed by atoms with van der Waals surface area (Å²) in [5, 5.41) is 0. The molecular formula is C14H17O4. The SMILES string of the molecule is CCC[CH]C(=O)Oc1c(C=O)cccc1OCC. The summed E-state index contributed by atoms with van der Waals surface area (Å²) in [6.07, 6.45) is 3.61. The first-order valence-corrected chi connectivity index (χ1v) is 5.98. The minimum absolute atomic E-state index is 0.187. The second kappa shape index (κ2) is 7.48. The van der Waals surface area contributed by atoms with Crippen molar-refractivity contribution in [3.8, 4) is 11.5 Å². The molecule has 1 aromatic rings. The summed E-state index contributed by atoms with van der Waals surface area (Å²) < 4.78 is 10.5. The van der Waals surface area contributed by atoms with E-state index in [1.54, 1.807) is 18.2 Å². The highest BCUT2D eigenvalue weighted by Gasteiger charge is 2.14. The van der Waals surface area contributed by atoms with Crippen LogP contribution in [0.4, 0.5) is 0 Å². The Balaban J connectivity index is 2.89. The molecule has 18 heavy (non-hydrogen) atoms. The maximum atomic E-state index is 11.5. The quantitative estimate of drug-likeness (QED) is 0.423. The Labute approximate surface area is 107 Å². The molecule has 0 spiro atoms. The molecule has 97 valence electrons. The highest BCUT2D eigenvalue weighted by atomic mass is 16.6. The van der Waals surface area contributed by atoms with Gasteiger partial charge in [-0.25, -0.2) is 0 Å². The number of para-hydroxylation sites is 1. The van der Waals surface area contributed by atoms with E-state index in [4.69, 9.17) is 9.47 Å². The number of hydrogen-bond acceptors (Lipinski definition) is 4. The van der Waals surface area contributed by atoms with Gasteiger partial charge in [0.25, 0.3) is 0 Å². The van der Waals surface area contributed by atoms with Gasteiger partial charge in [0.1, 0.15) is 0 Å². The minimum Gasteiger partial charge on any atom is -0.490 e. The number of carbonyl (C=O) groups excluding carboxylic acids is 2. The van der Waals surface area contributed by atoms with Gasteiger partial charge in [0.05, 0.1) is 18.6 Å². The van der Waals surface area contributed by atoms with E-state index in [1.165, 1.54) is 6.42 Å². The summed E-state index contributed by atoms with van der Waals surface area (Å²) in [6, 6.07) is 4.93. The lowest BCUT2D eigenvalue weighted by atomic mass is 10.2. The average molecular weight is 249 g/mol. The molecule has 0 bridgehead atoms. The molecule has 0 aliphatic carbocycles. The van der Waals surface area contributed by atoms with Crippen LogP contribution in [-0.4, -0.2) is 18.9 Å². The first kappa shape index (κ1) is 14.2. The number of carbonyl (C=O) groups is 2. The van der Waals surface area contributed by atoms with Crippen molar-refractivity contribution in [2.24, 2.45) is 0 Å².